The van der Waals surface area contributed by atoms with Crippen LogP contribution in [-0.4, -0.2) is 47.1 Å². The third-order valence-corrected chi connectivity index (χ3v) is 3.95. The number of amides is 1. The van der Waals surface area contributed by atoms with E-state index >= 15 is 0 Å². The molecule has 0 radical (unpaired) electrons. The van der Waals surface area contributed by atoms with Gasteiger partial charge < -0.3 is 4.90 Å². The fourth-order valence-corrected chi connectivity index (χ4v) is 2.88. The summed E-state index contributed by atoms with van der Waals surface area (Å²) < 4.78 is 13.9. The van der Waals surface area contributed by atoms with Crippen LogP contribution in [0.2, 0.25) is 0 Å². The first-order valence-electron chi connectivity index (χ1n) is 7.64. The third kappa shape index (κ3) is 4.27. The van der Waals surface area contributed by atoms with Crippen molar-refractivity contribution < 1.29 is 9.18 Å². The van der Waals surface area contributed by atoms with Crippen LogP contribution in [0.25, 0.3) is 0 Å². The number of hydrogen-bond acceptors (Lipinski definition) is 2. The van der Waals surface area contributed by atoms with Crippen molar-refractivity contribution in [3.63, 3.8) is 0 Å². The van der Waals surface area contributed by atoms with Crippen molar-refractivity contribution in [2.24, 2.45) is 0 Å². The Bertz CT molecular complexity index is 469. The molecule has 1 aliphatic rings. The van der Waals surface area contributed by atoms with Gasteiger partial charge in [-0.2, -0.15) is 0 Å². The molecule has 0 unspecified atom stereocenters. The second kappa shape index (κ2) is 6.56. The maximum Gasteiger partial charge on any atom is 0.259 e. The van der Waals surface area contributed by atoms with Gasteiger partial charge in [0.15, 0.2) is 5.67 Å². The highest BCUT2D eigenvalue weighted by atomic mass is 19.1. The SMILES string of the molecule is C[C@@H]1CN(Cc2ccccc2)CCCN1C(=O)C(C)(C)F. The molecule has 0 saturated carbocycles. The summed E-state index contributed by atoms with van der Waals surface area (Å²) in [7, 11) is 0. The largest absolute Gasteiger partial charge is 0.336 e. The summed E-state index contributed by atoms with van der Waals surface area (Å²) in [4.78, 5) is 16.2. The second-order valence-corrected chi connectivity index (χ2v) is 6.39. The smallest absolute Gasteiger partial charge is 0.259 e. The lowest BCUT2D eigenvalue weighted by Crippen LogP contribution is -2.49. The van der Waals surface area contributed by atoms with Gasteiger partial charge in [0.05, 0.1) is 0 Å². The van der Waals surface area contributed by atoms with Crippen LogP contribution in [0.15, 0.2) is 30.3 Å². The predicted molar refractivity (Wildman–Crippen MR) is 82.7 cm³/mol. The van der Waals surface area contributed by atoms with Crippen LogP contribution in [0.4, 0.5) is 4.39 Å². The number of benzene rings is 1. The van der Waals surface area contributed by atoms with Gasteiger partial charge in [0.2, 0.25) is 0 Å². The van der Waals surface area contributed by atoms with Gasteiger partial charge in [-0.15, -0.1) is 0 Å². The average Bonchev–Trinajstić information content (AvgIpc) is 2.59. The van der Waals surface area contributed by atoms with E-state index in [0.29, 0.717) is 6.54 Å². The van der Waals surface area contributed by atoms with Gasteiger partial charge >= 0.3 is 0 Å². The van der Waals surface area contributed by atoms with Gasteiger partial charge in [0, 0.05) is 32.2 Å². The van der Waals surface area contributed by atoms with Crippen molar-refractivity contribution in [3.8, 4) is 0 Å². The minimum Gasteiger partial charge on any atom is -0.336 e. The highest BCUT2D eigenvalue weighted by Gasteiger charge is 2.35. The lowest BCUT2D eigenvalue weighted by molar-refractivity contribution is -0.143. The van der Waals surface area contributed by atoms with Gasteiger partial charge in [-0.1, -0.05) is 30.3 Å². The highest BCUT2D eigenvalue weighted by Crippen LogP contribution is 2.19. The Morgan fingerprint density at radius 1 is 1.29 bits per heavy atom. The standard InChI is InChI=1S/C17H25FN2O/c1-14-12-19(13-15-8-5-4-6-9-15)10-7-11-20(14)16(21)17(2,3)18/h4-6,8-9,14H,7,10-13H2,1-3H3/t14-/m1/s1. The summed E-state index contributed by atoms with van der Waals surface area (Å²) in [5.74, 6) is -0.392. The maximum atomic E-state index is 13.9. The second-order valence-electron chi connectivity index (χ2n) is 6.39. The Morgan fingerprint density at radius 2 is 1.95 bits per heavy atom. The number of halogens is 1. The molecule has 0 aliphatic carbocycles. The molecule has 1 amide bonds. The minimum absolute atomic E-state index is 0.0405. The van der Waals surface area contributed by atoms with Crippen molar-refractivity contribution in [2.45, 2.75) is 45.4 Å². The Balaban J connectivity index is 2.01. The fourth-order valence-electron chi connectivity index (χ4n) is 2.88. The van der Waals surface area contributed by atoms with Crippen molar-refractivity contribution in [2.75, 3.05) is 19.6 Å². The molecule has 0 aromatic heterocycles. The quantitative estimate of drug-likeness (QED) is 0.855. The monoisotopic (exact) mass is 292 g/mol. The summed E-state index contributed by atoms with van der Waals surface area (Å²) in [5.41, 5.74) is -0.515. The molecule has 1 fully saturated rings. The van der Waals surface area contributed by atoms with Gasteiger partial charge in [0.25, 0.3) is 5.91 Å². The molecule has 1 saturated heterocycles. The van der Waals surface area contributed by atoms with Crippen LogP contribution < -0.4 is 0 Å². The van der Waals surface area contributed by atoms with E-state index in [1.165, 1.54) is 19.4 Å². The number of rotatable bonds is 3. The average molecular weight is 292 g/mol. The number of carbonyl (C=O) groups is 1. The highest BCUT2D eigenvalue weighted by molar-refractivity contribution is 5.84. The molecule has 0 bridgehead atoms. The summed E-state index contributed by atoms with van der Waals surface area (Å²) in [6.45, 7) is 7.94. The van der Waals surface area contributed by atoms with E-state index in [2.05, 4.69) is 17.0 Å². The molecule has 21 heavy (non-hydrogen) atoms. The first kappa shape index (κ1) is 16.0. The molecule has 2 rings (SSSR count). The zero-order chi connectivity index (χ0) is 15.5. The van der Waals surface area contributed by atoms with Gasteiger partial charge in [-0.25, -0.2) is 4.39 Å². The Hall–Kier alpha value is -1.42. The van der Waals surface area contributed by atoms with E-state index in [4.69, 9.17) is 0 Å². The Kier molecular flexibility index (Phi) is 4.99. The third-order valence-electron chi connectivity index (χ3n) is 3.95. The van der Waals surface area contributed by atoms with Crippen LogP contribution in [-0.2, 0) is 11.3 Å². The summed E-state index contributed by atoms with van der Waals surface area (Å²) in [6.07, 6.45) is 0.888. The molecule has 3 nitrogen and oxygen atoms in total. The Labute approximate surface area is 126 Å². The van der Waals surface area contributed by atoms with Crippen molar-refractivity contribution in [1.82, 2.24) is 9.80 Å². The number of alkyl halides is 1. The molecule has 0 spiro atoms. The van der Waals surface area contributed by atoms with E-state index in [1.807, 2.05) is 25.1 Å². The van der Waals surface area contributed by atoms with E-state index in [9.17, 15) is 9.18 Å². The molecule has 4 heteroatoms. The van der Waals surface area contributed by atoms with Gasteiger partial charge in [-0.05, 0) is 32.8 Å². The zero-order valence-electron chi connectivity index (χ0n) is 13.2. The lowest BCUT2D eigenvalue weighted by Gasteiger charge is -2.32. The van der Waals surface area contributed by atoms with E-state index in [1.54, 1.807) is 4.90 Å². The van der Waals surface area contributed by atoms with Gasteiger partial charge in [-0.3, -0.25) is 9.69 Å². The number of nitrogens with zero attached hydrogens (tertiary/aromatic N) is 2. The van der Waals surface area contributed by atoms with Crippen molar-refractivity contribution >= 4 is 5.91 Å². The van der Waals surface area contributed by atoms with Crippen LogP contribution in [0, 0.1) is 0 Å². The predicted octanol–water partition coefficient (Wildman–Crippen LogP) is 2.86. The molecule has 1 aliphatic heterocycles. The van der Waals surface area contributed by atoms with E-state index < -0.39 is 11.6 Å². The van der Waals surface area contributed by atoms with E-state index in [-0.39, 0.29) is 6.04 Å². The molecular weight excluding hydrogens is 267 g/mol. The molecule has 1 aromatic rings. The summed E-state index contributed by atoms with van der Waals surface area (Å²) in [5, 5.41) is 0. The van der Waals surface area contributed by atoms with Crippen molar-refractivity contribution in [3.05, 3.63) is 35.9 Å². The molecule has 1 heterocycles. The van der Waals surface area contributed by atoms with Crippen LogP contribution >= 0.6 is 0 Å². The maximum absolute atomic E-state index is 13.9. The molecule has 1 aromatic carbocycles. The topological polar surface area (TPSA) is 23.6 Å². The normalized spacial score (nSPS) is 21.1. The van der Waals surface area contributed by atoms with Crippen molar-refractivity contribution in [1.29, 1.82) is 0 Å². The van der Waals surface area contributed by atoms with Crippen LogP contribution in [0.3, 0.4) is 0 Å². The summed E-state index contributed by atoms with van der Waals surface area (Å²) in [6, 6.07) is 10.4. The van der Waals surface area contributed by atoms with Crippen LogP contribution in [0.5, 0.6) is 0 Å². The number of carbonyl (C=O) groups excluding carboxylic acids is 1. The fraction of sp³-hybridized carbons (Fsp3) is 0.588. The minimum atomic E-state index is -1.79. The lowest BCUT2D eigenvalue weighted by atomic mass is 10.1. The Morgan fingerprint density at radius 3 is 2.57 bits per heavy atom. The summed E-state index contributed by atoms with van der Waals surface area (Å²) >= 11 is 0. The van der Waals surface area contributed by atoms with E-state index in [0.717, 1.165) is 26.1 Å². The number of hydrogen-bond donors (Lipinski definition) is 0. The first-order valence-corrected chi connectivity index (χ1v) is 7.64. The molecule has 1 atom stereocenters. The first-order chi connectivity index (χ1) is 9.88. The zero-order valence-corrected chi connectivity index (χ0v) is 13.2. The van der Waals surface area contributed by atoms with Gasteiger partial charge in [0.1, 0.15) is 0 Å². The van der Waals surface area contributed by atoms with Crippen LogP contribution in [0.1, 0.15) is 32.8 Å². The molecule has 0 N–H and O–H groups in total. The molecular formula is C17H25FN2O. The molecule has 116 valence electrons.